The van der Waals surface area contributed by atoms with Gasteiger partial charge in [-0.25, -0.2) is 0 Å². The number of hydrogen-bond donors (Lipinski definition) is 2. The molecular formula is C14H16N2O4. The number of nitrogens with two attached hydrogens (primary N) is 1. The number of aliphatic carboxylic acids is 1. The van der Waals surface area contributed by atoms with E-state index in [-0.39, 0.29) is 18.9 Å². The number of primary amides is 1. The van der Waals surface area contributed by atoms with Gasteiger partial charge < -0.3 is 15.7 Å². The predicted octanol–water partition coefficient (Wildman–Crippen LogP) is 0.609. The number of amides is 2. The van der Waals surface area contributed by atoms with E-state index in [0.29, 0.717) is 18.5 Å². The molecule has 0 spiro atoms. The van der Waals surface area contributed by atoms with Crippen molar-refractivity contribution in [1.82, 2.24) is 4.90 Å². The van der Waals surface area contributed by atoms with Gasteiger partial charge in [0.2, 0.25) is 11.8 Å². The Kier molecular flexibility index (Phi) is 4.02. The third kappa shape index (κ3) is 3.14. The van der Waals surface area contributed by atoms with Crippen LogP contribution in [0.2, 0.25) is 0 Å². The summed E-state index contributed by atoms with van der Waals surface area (Å²) in [4.78, 5) is 35.5. The molecule has 1 unspecified atom stereocenters. The van der Waals surface area contributed by atoms with Crippen molar-refractivity contribution in [2.75, 3.05) is 6.54 Å². The van der Waals surface area contributed by atoms with Crippen LogP contribution in [0.4, 0.5) is 0 Å². The first-order valence-electron chi connectivity index (χ1n) is 6.36. The van der Waals surface area contributed by atoms with E-state index in [1.165, 1.54) is 4.90 Å². The van der Waals surface area contributed by atoms with Crippen molar-refractivity contribution in [2.24, 2.45) is 11.7 Å². The summed E-state index contributed by atoms with van der Waals surface area (Å²) in [6.45, 7) is 0.499. The zero-order valence-corrected chi connectivity index (χ0v) is 10.9. The lowest BCUT2D eigenvalue weighted by atomic mass is 9.97. The molecule has 0 aromatic heterocycles. The molecule has 0 saturated carbocycles. The van der Waals surface area contributed by atoms with Gasteiger partial charge in [-0.3, -0.25) is 14.4 Å². The molecular weight excluding hydrogens is 260 g/mol. The highest BCUT2D eigenvalue weighted by Crippen LogP contribution is 2.20. The average Bonchev–Trinajstić information content (AvgIpc) is 2.41. The molecule has 3 N–H and O–H groups in total. The van der Waals surface area contributed by atoms with Crippen molar-refractivity contribution in [3.63, 3.8) is 0 Å². The summed E-state index contributed by atoms with van der Waals surface area (Å²) in [5, 5.41) is 9.03. The highest BCUT2D eigenvalue weighted by Gasteiger charge is 2.29. The van der Waals surface area contributed by atoms with Crippen LogP contribution in [0.5, 0.6) is 0 Å². The molecule has 0 bridgehead atoms. The van der Waals surface area contributed by atoms with Crippen molar-refractivity contribution < 1.29 is 19.5 Å². The molecule has 1 aromatic carbocycles. The van der Waals surface area contributed by atoms with Crippen molar-refractivity contribution in [1.29, 1.82) is 0 Å². The smallest absolute Gasteiger partial charge is 0.308 e. The van der Waals surface area contributed by atoms with Crippen LogP contribution >= 0.6 is 0 Å². The number of carboxylic acids is 1. The first-order chi connectivity index (χ1) is 9.47. The van der Waals surface area contributed by atoms with E-state index in [4.69, 9.17) is 10.8 Å². The van der Waals surface area contributed by atoms with Gasteiger partial charge in [-0.05, 0) is 24.1 Å². The monoisotopic (exact) mass is 276 g/mol. The van der Waals surface area contributed by atoms with Gasteiger partial charge in [-0.15, -0.1) is 0 Å². The summed E-state index contributed by atoms with van der Waals surface area (Å²) < 4.78 is 0. The lowest BCUT2D eigenvalue weighted by Gasteiger charge is -2.30. The van der Waals surface area contributed by atoms with Crippen LogP contribution < -0.4 is 5.73 Å². The van der Waals surface area contributed by atoms with Crippen molar-refractivity contribution in [3.8, 4) is 0 Å². The number of hydrogen-bond acceptors (Lipinski definition) is 3. The minimum atomic E-state index is -0.881. The second-order valence-electron chi connectivity index (χ2n) is 4.91. The molecule has 0 radical (unpaired) electrons. The minimum Gasteiger partial charge on any atom is -0.481 e. The Hall–Kier alpha value is -2.37. The number of carbonyl (C=O) groups is 3. The molecule has 1 aliphatic heterocycles. The Morgan fingerprint density at radius 2 is 2.15 bits per heavy atom. The maximum absolute atomic E-state index is 11.8. The van der Waals surface area contributed by atoms with Crippen molar-refractivity contribution >= 4 is 17.8 Å². The second kappa shape index (κ2) is 5.73. The Morgan fingerprint density at radius 1 is 1.40 bits per heavy atom. The van der Waals surface area contributed by atoms with Crippen LogP contribution in [0, 0.1) is 5.92 Å². The number of benzene rings is 1. The fourth-order valence-electron chi connectivity index (χ4n) is 2.31. The Balaban J connectivity index is 2.11. The van der Waals surface area contributed by atoms with E-state index in [9.17, 15) is 14.4 Å². The highest BCUT2D eigenvalue weighted by atomic mass is 16.4. The molecule has 1 aromatic rings. The number of likely N-dealkylation sites (tertiary alicyclic amines) is 1. The molecule has 1 saturated heterocycles. The number of rotatable bonds is 4. The van der Waals surface area contributed by atoms with Crippen LogP contribution in [-0.4, -0.2) is 34.3 Å². The number of carbonyl (C=O) groups excluding carboxylic acids is 2. The van der Waals surface area contributed by atoms with Gasteiger partial charge in [0.25, 0.3) is 0 Å². The molecule has 2 amide bonds. The molecule has 1 fully saturated rings. The van der Waals surface area contributed by atoms with Gasteiger partial charge in [-0.1, -0.05) is 12.1 Å². The summed E-state index contributed by atoms with van der Waals surface area (Å²) in [5.74, 6) is -1.99. The van der Waals surface area contributed by atoms with Gasteiger partial charge >= 0.3 is 5.97 Å². The molecule has 1 atom stereocenters. The van der Waals surface area contributed by atoms with E-state index >= 15 is 0 Å². The van der Waals surface area contributed by atoms with Gasteiger partial charge in [0.1, 0.15) is 0 Å². The van der Waals surface area contributed by atoms with Crippen LogP contribution in [0.3, 0.4) is 0 Å². The summed E-state index contributed by atoms with van der Waals surface area (Å²) >= 11 is 0. The lowest BCUT2D eigenvalue weighted by molar-refractivity contribution is -0.147. The third-order valence-electron chi connectivity index (χ3n) is 3.43. The van der Waals surface area contributed by atoms with E-state index in [1.807, 2.05) is 0 Å². The Labute approximate surface area is 116 Å². The number of carboxylic acid groups (broad SMARTS) is 1. The van der Waals surface area contributed by atoms with Gasteiger partial charge in [0.15, 0.2) is 0 Å². The molecule has 1 heterocycles. The molecule has 1 aliphatic rings. The largest absolute Gasteiger partial charge is 0.481 e. The third-order valence-corrected chi connectivity index (χ3v) is 3.43. The molecule has 6 nitrogen and oxygen atoms in total. The fourth-order valence-corrected chi connectivity index (χ4v) is 2.31. The van der Waals surface area contributed by atoms with E-state index in [0.717, 1.165) is 5.56 Å². The minimum absolute atomic E-state index is 0.0630. The standard InChI is InChI=1S/C14H16N2O4/c15-13(18)10-3-1-2-9(6-10)7-16-8-11(14(19)20)4-5-12(16)17/h1-3,6,11H,4-5,7-8H2,(H2,15,18)(H,19,20). The first-order valence-corrected chi connectivity index (χ1v) is 6.36. The molecule has 20 heavy (non-hydrogen) atoms. The normalized spacial score (nSPS) is 18.9. The molecule has 6 heteroatoms. The molecule has 106 valence electrons. The Morgan fingerprint density at radius 3 is 2.80 bits per heavy atom. The van der Waals surface area contributed by atoms with Gasteiger partial charge in [-0.2, -0.15) is 0 Å². The first kappa shape index (κ1) is 14.0. The zero-order valence-electron chi connectivity index (χ0n) is 10.9. The van der Waals surface area contributed by atoms with Crippen molar-refractivity contribution in [3.05, 3.63) is 35.4 Å². The molecule has 2 rings (SSSR count). The van der Waals surface area contributed by atoms with Gasteiger partial charge in [0, 0.05) is 25.1 Å². The van der Waals surface area contributed by atoms with Crippen LogP contribution in [0.25, 0.3) is 0 Å². The predicted molar refractivity (Wildman–Crippen MR) is 70.7 cm³/mol. The van der Waals surface area contributed by atoms with Crippen LogP contribution in [0.15, 0.2) is 24.3 Å². The van der Waals surface area contributed by atoms with Gasteiger partial charge in [0.05, 0.1) is 5.92 Å². The fraction of sp³-hybridized carbons (Fsp3) is 0.357. The molecule has 0 aliphatic carbocycles. The quantitative estimate of drug-likeness (QED) is 0.841. The van der Waals surface area contributed by atoms with E-state index < -0.39 is 17.8 Å². The van der Waals surface area contributed by atoms with Crippen LogP contribution in [0.1, 0.15) is 28.8 Å². The van der Waals surface area contributed by atoms with E-state index in [2.05, 4.69) is 0 Å². The second-order valence-corrected chi connectivity index (χ2v) is 4.91. The SMILES string of the molecule is NC(=O)c1cccc(CN2CC(C(=O)O)CCC2=O)c1. The van der Waals surface area contributed by atoms with Crippen molar-refractivity contribution in [2.45, 2.75) is 19.4 Å². The Bertz CT molecular complexity index is 556. The summed E-state index contributed by atoms with van der Waals surface area (Å²) in [7, 11) is 0. The summed E-state index contributed by atoms with van der Waals surface area (Å²) in [5.41, 5.74) is 6.35. The van der Waals surface area contributed by atoms with Crippen LogP contribution in [-0.2, 0) is 16.1 Å². The highest BCUT2D eigenvalue weighted by molar-refractivity contribution is 5.92. The summed E-state index contributed by atoms with van der Waals surface area (Å²) in [6.07, 6.45) is 0.623. The van der Waals surface area contributed by atoms with E-state index in [1.54, 1.807) is 24.3 Å². The average molecular weight is 276 g/mol. The maximum atomic E-state index is 11.8. The zero-order chi connectivity index (χ0) is 14.7. The topological polar surface area (TPSA) is 101 Å². The number of nitrogens with zero attached hydrogens (tertiary/aromatic N) is 1. The lowest BCUT2D eigenvalue weighted by Crippen LogP contribution is -2.42. The number of piperidine rings is 1. The maximum Gasteiger partial charge on any atom is 0.308 e. The summed E-state index contributed by atoms with van der Waals surface area (Å²) in [6, 6.07) is 6.70.